The van der Waals surface area contributed by atoms with Gasteiger partial charge in [0.1, 0.15) is 5.82 Å². The zero-order valence-electron chi connectivity index (χ0n) is 13.3. The van der Waals surface area contributed by atoms with E-state index in [1.54, 1.807) is 6.92 Å². The van der Waals surface area contributed by atoms with Gasteiger partial charge in [-0.3, -0.25) is 4.79 Å². The van der Waals surface area contributed by atoms with Crippen molar-refractivity contribution in [2.75, 3.05) is 0 Å². The third-order valence-corrected chi connectivity index (χ3v) is 5.08. The fourth-order valence-electron chi connectivity index (χ4n) is 3.65. The molecule has 1 nitrogen and oxygen atoms in total. The highest BCUT2D eigenvalue weighted by molar-refractivity contribution is 5.78. The summed E-state index contributed by atoms with van der Waals surface area (Å²) in [6.07, 6.45) is 10.4. The van der Waals surface area contributed by atoms with Gasteiger partial charge in [0.15, 0.2) is 6.29 Å². The summed E-state index contributed by atoms with van der Waals surface area (Å²) in [5.74, 6) is 1.35. The predicted octanol–water partition coefficient (Wildman–Crippen LogP) is 5.49. The Bertz CT molecular complexity index is 473. The van der Waals surface area contributed by atoms with Crippen LogP contribution in [0.1, 0.15) is 73.4 Å². The summed E-state index contributed by atoms with van der Waals surface area (Å²) in [6.45, 7) is 4.04. The van der Waals surface area contributed by atoms with Gasteiger partial charge >= 0.3 is 0 Å². The molecule has 1 aromatic rings. The van der Waals surface area contributed by atoms with Crippen LogP contribution in [-0.4, -0.2) is 6.29 Å². The molecule has 0 aromatic heterocycles. The molecule has 0 N–H and O–H groups in total. The summed E-state index contributed by atoms with van der Waals surface area (Å²) >= 11 is 0. The van der Waals surface area contributed by atoms with E-state index in [2.05, 4.69) is 6.92 Å². The molecule has 0 radical (unpaired) electrons. The molecule has 21 heavy (non-hydrogen) atoms. The third-order valence-electron chi connectivity index (χ3n) is 5.08. The van der Waals surface area contributed by atoms with Crippen LogP contribution in [0.2, 0.25) is 0 Å². The molecule has 0 aliphatic heterocycles. The largest absolute Gasteiger partial charge is 0.298 e. The van der Waals surface area contributed by atoms with E-state index in [0.717, 1.165) is 30.2 Å². The van der Waals surface area contributed by atoms with Gasteiger partial charge in [-0.15, -0.1) is 0 Å². The second-order valence-electron chi connectivity index (χ2n) is 6.60. The van der Waals surface area contributed by atoms with Crippen molar-refractivity contribution < 1.29 is 9.18 Å². The van der Waals surface area contributed by atoms with Gasteiger partial charge in [0.2, 0.25) is 0 Å². The van der Waals surface area contributed by atoms with Gasteiger partial charge in [0, 0.05) is 0 Å². The highest BCUT2D eigenvalue weighted by atomic mass is 19.1. The monoisotopic (exact) mass is 290 g/mol. The molecule has 1 aliphatic rings. The average molecular weight is 290 g/mol. The molecule has 0 heterocycles. The summed E-state index contributed by atoms with van der Waals surface area (Å²) in [5, 5.41) is 0. The first-order valence-electron chi connectivity index (χ1n) is 8.38. The van der Waals surface area contributed by atoms with Crippen molar-refractivity contribution in [3.8, 4) is 0 Å². The summed E-state index contributed by atoms with van der Waals surface area (Å²) in [6, 6.07) is 3.71. The fraction of sp³-hybridized carbons (Fsp3) is 0.632. The van der Waals surface area contributed by atoms with E-state index >= 15 is 0 Å². The lowest BCUT2D eigenvalue weighted by atomic mass is 9.78. The number of aldehydes is 1. The zero-order chi connectivity index (χ0) is 15.2. The molecule has 1 aromatic carbocycles. The first kappa shape index (κ1) is 16.2. The Morgan fingerprint density at radius 3 is 2.33 bits per heavy atom. The van der Waals surface area contributed by atoms with Crippen molar-refractivity contribution in [2.24, 2.45) is 11.8 Å². The summed E-state index contributed by atoms with van der Waals surface area (Å²) in [7, 11) is 0. The fourth-order valence-corrected chi connectivity index (χ4v) is 3.65. The molecular formula is C19H27FO. The second kappa shape index (κ2) is 7.72. The normalized spacial score (nSPS) is 22.2. The molecule has 2 rings (SSSR count). The van der Waals surface area contributed by atoms with Gasteiger partial charge < -0.3 is 0 Å². The van der Waals surface area contributed by atoms with Gasteiger partial charge in [0.05, 0.1) is 5.56 Å². The Hall–Kier alpha value is -1.18. The number of hydrogen-bond donors (Lipinski definition) is 0. The highest BCUT2D eigenvalue weighted by Gasteiger charge is 2.21. The lowest BCUT2D eigenvalue weighted by Crippen LogP contribution is -2.15. The number of carbonyl (C=O) groups is 1. The maximum atomic E-state index is 14.2. The molecule has 0 atom stereocenters. The minimum absolute atomic E-state index is 0.235. The Labute approximate surface area is 127 Å². The van der Waals surface area contributed by atoms with Gasteiger partial charge in [-0.25, -0.2) is 4.39 Å². The van der Waals surface area contributed by atoms with Crippen LogP contribution in [0.4, 0.5) is 4.39 Å². The second-order valence-corrected chi connectivity index (χ2v) is 6.60. The van der Waals surface area contributed by atoms with E-state index in [-0.39, 0.29) is 11.4 Å². The SMILES string of the molecule is CCCC1CCC(CCc2ccc(C)c(C=O)c2F)CC1. The Morgan fingerprint density at radius 2 is 1.76 bits per heavy atom. The number of halogens is 1. The minimum Gasteiger partial charge on any atom is -0.298 e. The van der Waals surface area contributed by atoms with E-state index in [1.165, 1.54) is 38.5 Å². The molecule has 1 saturated carbocycles. The van der Waals surface area contributed by atoms with E-state index in [9.17, 15) is 9.18 Å². The quantitative estimate of drug-likeness (QED) is 0.633. The average Bonchev–Trinajstić information content (AvgIpc) is 2.49. The molecule has 0 spiro atoms. The van der Waals surface area contributed by atoms with Crippen LogP contribution in [-0.2, 0) is 6.42 Å². The maximum absolute atomic E-state index is 14.2. The molecule has 0 saturated heterocycles. The zero-order valence-corrected chi connectivity index (χ0v) is 13.3. The van der Waals surface area contributed by atoms with E-state index in [0.29, 0.717) is 11.8 Å². The molecular weight excluding hydrogens is 263 g/mol. The highest BCUT2D eigenvalue weighted by Crippen LogP contribution is 2.34. The Morgan fingerprint density at radius 1 is 1.14 bits per heavy atom. The molecule has 0 unspecified atom stereocenters. The third kappa shape index (κ3) is 4.15. The Balaban J connectivity index is 1.88. The van der Waals surface area contributed by atoms with E-state index in [4.69, 9.17) is 0 Å². The predicted molar refractivity (Wildman–Crippen MR) is 85.2 cm³/mol. The number of hydrogen-bond acceptors (Lipinski definition) is 1. The van der Waals surface area contributed by atoms with E-state index in [1.807, 2.05) is 12.1 Å². The lowest BCUT2D eigenvalue weighted by Gasteiger charge is -2.28. The maximum Gasteiger partial charge on any atom is 0.153 e. The summed E-state index contributed by atoms with van der Waals surface area (Å²) < 4.78 is 14.2. The molecule has 116 valence electrons. The number of rotatable bonds is 6. The van der Waals surface area contributed by atoms with Crippen molar-refractivity contribution in [1.29, 1.82) is 0 Å². The van der Waals surface area contributed by atoms with Crippen molar-refractivity contribution in [1.82, 2.24) is 0 Å². The molecule has 1 aliphatic carbocycles. The first-order valence-corrected chi connectivity index (χ1v) is 8.38. The van der Waals surface area contributed by atoms with Crippen LogP contribution in [0.15, 0.2) is 12.1 Å². The van der Waals surface area contributed by atoms with Crippen LogP contribution in [0, 0.1) is 24.6 Å². The van der Waals surface area contributed by atoms with Crippen molar-refractivity contribution in [2.45, 2.75) is 65.2 Å². The standard InChI is InChI=1S/C19H27FO/c1-3-4-15-6-8-16(9-7-15)10-12-17-11-5-14(2)18(13-21)19(17)20/h5,11,13,15-16H,3-4,6-10,12H2,1-2H3. The van der Waals surface area contributed by atoms with Crippen molar-refractivity contribution in [3.05, 3.63) is 34.6 Å². The molecule has 2 heteroatoms. The molecule has 0 bridgehead atoms. The lowest BCUT2D eigenvalue weighted by molar-refractivity contribution is 0.111. The number of benzene rings is 1. The van der Waals surface area contributed by atoms with Gasteiger partial charge in [0.25, 0.3) is 0 Å². The van der Waals surface area contributed by atoms with Crippen LogP contribution in [0.3, 0.4) is 0 Å². The molecule has 1 fully saturated rings. The Kier molecular flexibility index (Phi) is 5.96. The number of aryl methyl sites for hydroxylation is 2. The summed E-state index contributed by atoms with van der Waals surface area (Å²) in [5.41, 5.74) is 1.67. The van der Waals surface area contributed by atoms with Crippen LogP contribution in [0.25, 0.3) is 0 Å². The van der Waals surface area contributed by atoms with Crippen LogP contribution < -0.4 is 0 Å². The van der Waals surface area contributed by atoms with E-state index < -0.39 is 0 Å². The minimum atomic E-state index is -0.301. The van der Waals surface area contributed by atoms with Gasteiger partial charge in [-0.05, 0) is 42.7 Å². The van der Waals surface area contributed by atoms with Crippen molar-refractivity contribution >= 4 is 6.29 Å². The first-order chi connectivity index (χ1) is 10.2. The summed E-state index contributed by atoms with van der Waals surface area (Å²) in [4.78, 5) is 11.0. The van der Waals surface area contributed by atoms with Gasteiger partial charge in [-0.1, -0.05) is 57.6 Å². The smallest absolute Gasteiger partial charge is 0.153 e. The van der Waals surface area contributed by atoms with Crippen molar-refractivity contribution in [3.63, 3.8) is 0 Å². The van der Waals surface area contributed by atoms with Crippen LogP contribution >= 0.6 is 0 Å². The van der Waals surface area contributed by atoms with Gasteiger partial charge in [-0.2, -0.15) is 0 Å². The van der Waals surface area contributed by atoms with Crippen LogP contribution in [0.5, 0.6) is 0 Å². The molecule has 0 amide bonds. The number of carbonyl (C=O) groups excluding carboxylic acids is 1. The topological polar surface area (TPSA) is 17.1 Å².